The van der Waals surface area contributed by atoms with E-state index >= 15 is 0 Å². The van der Waals surface area contributed by atoms with E-state index < -0.39 is 0 Å². The van der Waals surface area contributed by atoms with Gasteiger partial charge >= 0.3 is 0 Å². The van der Waals surface area contributed by atoms with Crippen LogP contribution in [0.5, 0.6) is 0 Å². The molecule has 0 atom stereocenters. The minimum absolute atomic E-state index is 0.314. The van der Waals surface area contributed by atoms with Crippen molar-refractivity contribution in [3.8, 4) is 0 Å². The van der Waals surface area contributed by atoms with E-state index in [1.807, 2.05) is 0 Å². The summed E-state index contributed by atoms with van der Waals surface area (Å²) >= 11 is 5.79. The lowest BCUT2D eigenvalue weighted by Crippen LogP contribution is -1.85. The summed E-state index contributed by atoms with van der Waals surface area (Å²) < 4.78 is 5.04. The molecule has 0 aliphatic carbocycles. The number of rotatable bonds is 1. The van der Waals surface area contributed by atoms with E-state index in [-0.39, 0.29) is 0 Å². The quantitative estimate of drug-likeness (QED) is 0.634. The average Bonchev–Trinajstić information content (AvgIpc) is 2.52. The van der Waals surface area contributed by atoms with Crippen molar-refractivity contribution in [1.82, 2.24) is 4.98 Å². The Hall–Kier alpha value is -1.35. The van der Waals surface area contributed by atoms with Gasteiger partial charge in [-0.05, 0) is 6.07 Å². The lowest BCUT2D eigenvalue weighted by Gasteiger charge is -1.92. The predicted octanol–water partition coefficient (Wildman–Crippen LogP) is 2.29. The van der Waals surface area contributed by atoms with Gasteiger partial charge in [0.2, 0.25) is 0 Å². The largest absolute Gasteiger partial charge is 0.461 e. The summed E-state index contributed by atoms with van der Waals surface area (Å²) in [6, 6.07) is 3.13. The normalized spacial score (nSPS) is 10.4. The second kappa shape index (κ2) is 2.60. The zero-order chi connectivity index (χ0) is 8.55. The van der Waals surface area contributed by atoms with Crippen LogP contribution in [-0.2, 0) is 0 Å². The maximum absolute atomic E-state index is 10.4. The second-order valence-electron chi connectivity index (χ2n) is 2.28. The molecule has 2 rings (SSSR count). The van der Waals surface area contributed by atoms with Gasteiger partial charge in [0.15, 0.2) is 11.9 Å². The SMILES string of the molecule is O=Cc1cc(Cl)c2occc2n1. The average molecular weight is 182 g/mol. The number of carbonyl (C=O) groups excluding carboxylic acids is 1. The predicted molar refractivity (Wildman–Crippen MR) is 44.4 cm³/mol. The molecule has 0 radical (unpaired) electrons. The third-order valence-corrected chi connectivity index (χ3v) is 1.79. The number of pyridine rings is 1. The number of aromatic nitrogens is 1. The Bertz CT molecular complexity index is 436. The number of fused-ring (bicyclic) bond motifs is 1. The Kier molecular flexibility index (Phi) is 1.59. The molecule has 0 N–H and O–H groups in total. The summed E-state index contributed by atoms with van der Waals surface area (Å²) in [5, 5.41) is 0.409. The van der Waals surface area contributed by atoms with Crippen LogP contribution in [-0.4, -0.2) is 11.3 Å². The molecular weight excluding hydrogens is 178 g/mol. The molecule has 0 aromatic carbocycles. The highest BCUT2D eigenvalue weighted by Crippen LogP contribution is 2.22. The summed E-state index contributed by atoms with van der Waals surface area (Å²) in [4.78, 5) is 14.3. The van der Waals surface area contributed by atoms with Crippen molar-refractivity contribution in [3.63, 3.8) is 0 Å². The molecule has 3 nitrogen and oxygen atoms in total. The number of hydrogen-bond acceptors (Lipinski definition) is 3. The molecule has 0 bridgehead atoms. The molecule has 12 heavy (non-hydrogen) atoms. The first-order chi connectivity index (χ1) is 5.81. The maximum atomic E-state index is 10.4. The standard InChI is InChI=1S/C8H4ClNO2/c9-6-3-5(4-11)10-7-1-2-12-8(6)7/h1-4H. The lowest BCUT2D eigenvalue weighted by atomic mass is 10.3. The molecule has 2 aromatic heterocycles. The Morgan fingerprint density at radius 2 is 2.42 bits per heavy atom. The Balaban J connectivity index is 2.83. The molecule has 0 amide bonds. The molecule has 2 aromatic rings. The van der Waals surface area contributed by atoms with Gasteiger partial charge in [-0.25, -0.2) is 4.98 Å². The van der Waals surface area contributed by atoms with E-state index in [0.717, 1.165) is 0 Å². The van der Waals surface area contributed by atoms with Crippen molar-refractivity contribution in [2.45, 2.75) is 0 Å². The second-order valence-corrected chi connectivity index (χ2v) is 2.69. The molecule has 4 heteroatoms. The summed E-state index contributed by atoms with van der Waals surface area (Å²) in [5.41, 5.74) is 1.43. The smallest absolute Gasteiger partial charge is 0.170 e. The highest BCUT2D eigenvalue weighted by Gasteiger charge is 2.05. The molecule has 0 spiro atoms. The first-order valence-corrected chi connectivity index (χ1v) is 3.68. The van der Waals surface area contributed by atoms with Crippen LogP contribution >= 0.6 is 11.6 Å². The molecule has 0 unspecified atom stereocenters. The zero-order valence-electron chi connectivity index (χ0n) is 5.95. The van der Waals surface area contributed by atoms with Crippen LogP contribution in [0.15, 0.2) is 22.8 Å². The van der Waals surface area contributed by atoms with Crippen molar-refractivity contribution in [1.29, 1.82) is 0 Å². The lowest BCUT2D eigenvalue weighted by molar-refractivity contribution is 0.111. The maximum Gasteiger partial charge on any atom is 0.170 e. The molecule has 0 saturated heterocycles. The molecule has 0 aliphatic heterocycles. The number of hydrogen-bond donors (Lipinski definition) is 0. The summed E-state index contributed by atoms with van der Waals surface area (Å²) in [6.45, 7) is 0. The van der Waals surface area contributed by atoms with Gasteiger partial charge in [-0.3, -0.25) is 4.79 Å². The number of halogens is 1. The number of nitrogens with zero attached hydrogens (tertiary/aromatic N) is 1. The van der Waals surface area contributed by atoms with E-state index in [2.05, 4.69) is 4.98 Å². The van der Waals surface area contributed by atoms with E-state index in [4.69, 9.17) is 16.0 Å². The Labute approximate surface area is 73.0 Å². The molecule has 0 fully saturated rings. The van der Waals surface area contributed by atoms with Crippen LogP contribution in [0.2, 0.25) is 5.02 Å². The first-order valence-electron chi connectivity index (χ1n) is 3.30. The van der Waals surface area contributed by atoms with Crippen molar-refractivity contribution < 1.29 is 9.21 Å². The van der Waals surface area contributed by atoms with E-state index in [1.165, 1.54) is 12.3 Å². The number of carbonyl (C=O) groups is 1. The summed E-state index contributed by atoms with van der Waals surface area (Å²) in [5.74, 6) is 0. The zero-order valence-corrected chi connectivity index (χ0v) is 6.71. The van der Waals surface area contributed by atoms with Crippen molar-refractivity contribution in [3.05, 3.63) is 29.1 Å². The summed E-state index contributed by atoms with van der Waals surface area (Å²) in [7, 11) is 0. The molecule has 0 aliphatic rings. The Morgan fingerprint density at radius 3 is 3.17 bits per heavy atom. The van der Waals surface area contributed by atoms with Crippen LogP contribution in [0.3, 0.4) is 0 Å². The van der Waals surface area contributed by atoms with E-state index in [9.17, 15) is 4.79 Å². The third kappa shape index (κ3) is 0.987. The van der Waals surface area contributed by atoms with Gasteiger partial charge < -0.3 is 4.42 Å². The molecule has 60 valence electrons. The fraction of sp³-hybridized carbons (Fsp3) is 0. The fourth-order valence-electron chi connectivity index (χ4n) is 0.996. The topological polar surface area (TPSA) is 43.1 Å². The number of aldehydes is 1. The van der Waals surface area contributed by atoms with Crippen LogP contribution in [0.1, 0.15) is 10.5 Å². The monoisotopic (exact) mass is 181 g/mol. The van der Waals surface area contributed by atoms with Crippen molar-refractivity contribution in [2.75, 3.05) is 0 Å². The van der Waals surface area contributed by atoms with Gasteiger partial charge in [0.05, 0.1) is 11.3 Å². The number of furan rings is 1. The molecule has 0 saturated carbocycles. The van der Waals surface area contributed by atoms with Gasteiger partial charge in [0, 0.05) is 6.07 Å². The van der Waals surface area contributed by atoms with E-state index in [1.54, 1.807) is 6.07 Å². The van der Waals surface area contributed by atoms with Gasteiger partial charge in [-0.15, -0.1) is 0 Å². The van der Waals surface area contributed by atoms with Crippen LogP contribution in [0.4, 0.5) is 0 Å². The van der Waals surface area contributed by atoms with Gasteiger partial charge in [-0.2, -0.15) is 0 Å². The minimum Gasteiger partial charge on any atom is -0.461 e. The highest BCUT2D eigenvalue weighted by atomic mass is 35.5. The third-order valence-electron chi connectivity index (χ3n) is 1.51. The minimum atomic E-state index is 0.314. The first kappa shape index (κ1) is 7.31. The molecular formula is C8H4ClNO2. The fourth-order valence-corrected chi connectivity index (χ4v) is 1.25. The molecule has 2 heterocycles. The van der Waals surface area contributed by atoms with Crippen LogP contribution in [0.25, 0.3) is 11.1 Å². The summed E-state index contributed by atoms with van der Waals surface area (Å²) in [6.07, 6.45) is 2.14. The van der Waals surface area contributed by atoms with Crippen LogP contribution < -0.4 is 0 Å². The van der Waals surface area contributed by atoms with Crippen LogP contribution in [0, 0.1) is 0 Å². The van der Waals surface area contributed by atoms with E-state index in [0.29, 0.717) is 28.1 Å². The highest BCUT2D eigenvalue weighted by molar-refractivity contribution is 6.34. The van der Waals surface area contributed by atoms with Gasteiger partial charge in [0.25, 0.3) is 0 Å². The Morgan fingerprint density at radius 1 is 1.58 bits per heavy atom. The van der Waals surface area contributed by atoms with Gasteiger partial charge in [0.1, 0.15) is 11.2 Å². The van der Waals surface area contributed by atoms with Gasteiger partial charge in [-0.1, -0.05) is 11.6 Å². The van der Waals surface area contributed by atoms with Crippen molar-refractivity contribution in [2.24, 2.45) is 0 Å². The van der Waals surface area contributed by atoms with Crippen molar-refractivity contribution >= 4 is 29.0 Å².